The van der Waals surface area contributed by atoms with Gasteiger partial charge in [0.2, 0.25) is 5.91 Å². The van der Waals surface area contributed by atoms with Gasteiger partial charge in [-0.25, -0.2) is 0 Å². The molecule has 1 amide bonds. The fraction of sp³-hybridized carbons (Fsp3) is 0.278. The zero-order valence-corrected chi connectivity index (χ0v) is 13.2. The molecule has 2 aromatic carbocycles. The molecule has 0 aliphatic heterocycles. The third kappa shape index (κ3) is 4.33. The number of hydrogen-bond acceptors (Lipinski definition) is 3. The van der Waals surface area contributed by atoms with Crippen LogP contribution in [0.25, 0.3) is 0 Å². The topological polar surface area (TPSA) is 64.4 Å². The lowest BCUT2D eigenvalue weighted by molar-refractivity contribution is -0.119. The number of benzene rings is 2. The summed E-state index contributed by atoms with van der Waals surface area (Å²) in [7, 11) is 0. The number of nitrogens with one attached hydrogen (secondary N) is 1. The molecule has 2 rings (SSSR count). The van der Waals surface area contributed by atoms with Gasteiger partial charge in [0.05, 0.1) is 6.04 Å². The summed E-state index contributed by atoms with van der Waals surface area (Å²) in [5, 5.41) is 2.83. The second-order valence-corrected chi connectivity index (χ2v) is 6.28. The zero-order valence-electron chi connectivity index (χ0n) is 13.2. The first-order valence-electron chi connectivity index (χ1n) is 7.26. The molecule has 0 heterocycles. The summed E-state index contributed by atoms with van der Waals surface area (Å²) in [6, 6.07) is 16.2. The molecule has 2 aromatic rings. The lowest BCUT2D eigenvalue weighted by atomic mass is 9.87. The molecule has 0 saturated heterocycles. The van der Waals surface area contributed by atoms with Gasteiger partial charge in [0.15, 0.2) is 0 Å². The lowest BCUT2D eigenvalue weighted by Crippen LogP contribution is -2.45. The Morgan fingerprint density at radius 2 is 1.68 bits per heavy atom. The van der Waals surface area contributed by atoms with Crippen molar-refractivity contribution in [3.05, 3.63) is 54.6 Å². The highest BCUT2D eigenvalue weighted by Gasteiger charge is 2.27. The number of para-hydroxylation sites is 1. The van der Waals surface area contributed by atoms with Crippen LogP contribution in [0.2, 0.25) is 0 Å². The number of rotatable bonds is 4. The Morgan fingerprint density at radius 1 is 1.05 bits per heavy atom. The van der Waals surface area contributed by atoms with E-state index in [-0.39, 0.29) is 11.3 Å². The monoisotopic (exact) mass is 298 g/mol. The van der Waals surface area contributed by atoms with Crippen LogP contribution in [0.15, 0.2) is 54.6 Å². The first kappa shape index (κ1) is 16.0. The number of carbonyl (C=O) groups is 1. The van der Waals surface area contributed by atoms with Gasteiger partial charge in [-0.2, -0.15) is 0 Å². The van der Waals surface area contributed by atoms with Gasteiger partial charge in [-0.05, 0) is 29.7 Å². The van der Waals surface area contributed by atoms with E-state index in [0.29, 0.717) is 11.4 Å². The van der Waals surface area contributed by atoms with Gasteiger partial charge in [-0.15, -0.1) is 0 Å². The van der Waals surface area contributed by atoms with Crippen molar-refractivity contribution < 1.29 is 9.53 Å². The minimum atomic E-state index is -0.578. The first-order valence-corrected chi connectivity index (χ1v) is 7.26. The van der Waals surface area contributed by atoms with E-state index in [4.69, 9.17) is 10.5 Å². The molecule has 0 spiro atoms. The van der Waals surface area contributed by atoms with Crippen molar-refractivity contribution in [2.24, 2.45) is 11.1 Å². The van der Waals surface area contributed by atoms with Gasteiger partial charge in [0.1, 0.15) is 11.5 Å². The Labute approximate surface area is 131 Å². The van der Waals surface area contributed by atoms with Gasteiger partial charge in [0.25, 0.3) is 0 Å². The Balaban J connectivity index is 2.07. The molecule has 4 heteroatoms. The van der Waals surface area contributed by atoms with Crippen LogP contribution in [0, 0.1) is 5.41 Å². The SMILES string of the molecule is CC(C)(C)[C@H](N)C(=O)Nc1cccc(Oc2ccccc2)c1. The lowest BCUT2D eigenvalue weighted by Gasteiger charge is -2.25. The molecule has 4 nitrogen and oxygen atoms in total. The maximum Gasteiger partial charge on any atom is 0.241 e. The smallest absolute Gasteiger partial charge is 0.241 e. The van der Waals surface area contributed by atoms with E-state index in [0.717, 1.165) is 5.75 Å². The average molecular weight is 298 g/mol. The molecule has 0 fully saturated rings. The van der Waals surface area contributed by atoms with Gasteiger partial charge in [-0.3, -0.25) is 4.79 Å². The van der Waals surface area contributed by atoms with Crippen molar-refractivity contribution >= 4 is 11.6 Å². The van der Waals surface area contributed by atoms with E-state index >= 15 is 0 Å². The second kappa shape index (κ2) is 6.62. The predicted molar refractivity (Wildman–Crippen MR) is 89.0 cm³/mol. The molecule has 0 saturated carbocycles. The van der Waals surface area contributed by atoms with Crippen LogP contribution < -0.4 is 15.8 Å². The van der Waals surface area contributed by atoms with E-state index in [1.807, 2.05) is 69.3 Å². The summed E-state index contributed by atoms with van der Waals surface area (Å²) >= 11 is 0. The number of ether oxygens (including phenoxy) is 1. The Hall–Kier alpha value is -2.33. The van der Waals surface area contributed by atoms with Gasteiger partial charge in [-0.1, -0.05) is 45.0 Å². The molecule has 0 aromatic heterocycles. The van der Waals surface area contributed by atoms with E-state index in [1.165, 1.54) is 0 Å². The fourth-order valence-corrected chi connectivity index (χ4v) is 1.88. The van der Waals surface area contributed by atoms with Crippen LogP contribution in [0.1, 0.15) is 20.8 Å². The van der Waals surface area contributed by atoms with Gasteiger partial charge >= 0.3 is 0 Å². The number of carbonyl (C=O) groups excluding carboxylic acids is 1. The molecule has 0 aliphatic rings. The van der Waals surface area contributed by atoms with Gasteiger partial charge < -0.3 is 15.8 Å². The summed E-state index contributed by atoms with van der Waals surface area (Å²) in [5.74, 6) is 1.20. The van der Waals surface area contributed by atoms with Crippen LogP contribution in [0.4, 0.5) is 5.69 Å². The number of anilines is 1. The molecule has 0 unspecified atom stereocenters. The number of nitrogens with two attached hydrogens (primary N) is 1. The molecule has 22 heavy (non-hydrogen) atoms. The highest BCUT2D eigenvalue weighted by atomic mass is 16.5. The van der Waals surface area contributed by atoms with Crippen molar-refractivity contribution in [2.75, 3.05) is 5.32 Å². The third-order valence-electron chi connectivity index (χ3n) is 3.30. The fourth-order valence-electron chi connectivity index (χ4n) is 1.88. The molecular weight excluding hydrogens is 276 g/mol. The Morgan fingerprint density at radius 3 is 2.32 bits per heavy atom. The molecule has 1 atom stereocenters. The summed E-state index contributed by atoms with van der Waals surface area (Å²) in [4.78, 5) is 12.2. The molecule has 0 aliphatic carbocycles. The van der Waals surface area contributed by atoms with Crippen molar-refractivity contribution in [2.45, 2.75) is 26.8 Å². The molecule has 116 valence electrons. The summed E-state index contributed by atoms with van der Waals surface area (Å²) in [5.41, 5.74) is 6.34. The Bertz CT molecular complexity index is 633. The van der Waals surface area contributed by atoms with Crippen LogP contribution >= 0.6 is 0 Å². The quantitative estimate of drug-likeness (QED) is 0.902. The van der Waals surface area contributed by atoms with Crippen molar-refractivity contribution in [1.29, 1.82) is 0 Å². The maximum atomic E-state index is 12.2. The summed E-state index contributed by atoms with van der Waals surface area (Å²) in [6.45, 7) is 5.81. The Kier molecular flexibility index (Phi) is 4.83. The van der Waals surface area contributed by atoms with E-state index < -0.39 is 6.04 Å². The summed E-state index contributed by atoms with van der Waals surface area (Å²) < 4.78 is 5.75. The maximum absolute atomic E-state index is 12.2. The predicted octanol–water partition coefficient (Wildman–Crippen LogP) is 3.79. The zero-order chi connectivity index (χ0) is 16.2. The third-order valence-corrected chi connectivity index (χ3v) is 3.30. The minimum Gasteiger partial charge on any atom is -0.457 e. The van der Waals surface area contributed by atoms with Crippen LogP contribution in [-0.4, -0.2) is 11.9 Å². The number of hydrogen-bond donors (Lipinski definition) is 2. The number of amides is 1. The van der Waals surface area contributed by atoms with Crippen LogP contribution in [-0.2, 0) is 4.79 Å². The largest absolute Gasteiger partial charge is 0.457 e. The van der Waals surface area contributed by atoms with Crippen molar-refractivity contribution in [3.63, 3.8) is 0 Å². The van der Waals surface area contributed by atoms with Crippen LogP contribution in [0.3, 0.4) is 0 Å². The van der Waals surface area contributed by atoms with Crippen molar-refractivity contribution in [3.8, 4) is 11.5 Å². The highest BCUT2D eigenvalue weighted by molar-refractivity contribution is 5.95. The normalized spacial score (nSPS) is 12.5. The molecular formula is C18H22N2O2. The standard InChI is InChI=1S/C18H22N2O2/c1-18(2,3)16(19)17(21)20-13-8-7-11-15(12-13)22-14-9-5-4-6-10-14/h4-12,16H,19H2,1-3H3,(H,20,21)/t16-/m1/s1. The summed E-state index contributed by atoms with van der Waals surface area (Å²) in [6.07, 6.45) is 0. The molecule has 3 N–H and O–H groups in total. The molecule has 0 bridgehead atoms. The van der Waals surface area contributed by atoms with Crippen LogP contribution in [0.5, 0.6) is 11.5 Å². The van der Waals surface area contributed by atoms with E-state index in [9.17, 15) is 4.79 Å². The first-order chi connectivity index (χ1) is 10.4. The minimum absolute atomic E-state index is 0.204. The average Bonchev–Trinajstić information content (AvgIpc) is 2.47. The molecule has 0 radical (unpaired) electrons. The highest BCUT2D eigenvalue weighted by Crippen LogP contribution is 2.24. The van der Waals surface area contributed by atoms with E-state index in [1.54, 1.807) is 6.07 Å². The van der Waals surface area contributed by atoms with Gasteiger partial charge in [0, 0.05) is 11.8 Å². The second-order valence-electron chi connectivity index (χ2n) is 6.28. The van der Waals surface area contributed by atoms with Crippen molar-refractivity contribution in [1.82, 2.24) is 0 Å². The van der Waals surface area contributed by atoms with E-state index in [2.05, 4.69) is 5.32 Å².